The van der Waals surface area contributed by atoms with Gasteiger partial charge in [-0.15, -0.1) is 0 Å². The highest BCUT2D eigenvalue weighted by atomic mass is 79.9. The van der Waals surface area contributed by atoms with Crippen molar-refractivity contribution in [1.29, 1.82) is 0 Å². The van der Waals surface area contributed by atoms with Crippen molar-refractivity contribution in [2.24, 2.45) is 0 Å². The van der Waals surface area contributed by atoms with Gasteiger partial charge in [0.25, 0.3) is 0 Å². The number of aromatic nitrogens is 3. The fraction of sp³-hybridized carbons (Fsp3) is 0.533. The molecule has 9 heteroatoms. The van der Waals surface area contributed by atoms with Crippen LogP contribution in [0.4, 0.5) is 10.6 Å². The Morgan fingerprint density at radius 1 is 1.33 bits per heavy atom. The van der Waals surface area contributed by atoms with Gasteiger partial charge in [0.1, 0.15) is 5.82 Å². The third kappa shape index (κ3) is 2.82. The predicted molar refractivity (Wildman–Crippen MR) is 90.2 cm³/mol. The molecule has 2 aliphatic heterocycles. The standard InChI is InChI=1S/C15H18BrN5O3/c1-15(9-23-10-15)24-14(22)20-6-4-19(5-7-20)12-2-3-21-13(18-12)11(16)8-17-21/h2-3,8H,4-7,9-10H2,1H3. The lowest BCUT2D eigenvalue weighted by atomic mass is 10.1. The van der Waals surface area contributed by atoms with Gasteiger partial charge in [-0.25, -0.2) is 14.3 Å². The minimum absolute atomic E-state index is 0.262. The van der Waals surface area contributed by atoms with Gasteiger partial charge in [0.15, 0.2) is 11.2 Å². The van der Waals surface area contributed by atoms with E-state index in [2.05, 4.69) is 30.9 Å². The maximum Gasteiger partial charge on any atom is 0.410 e. The van der Waals surface area contributed by atoms with Crippen LogP contribution in [0.25, 0.3) is 5.65 Å². The van der Waals surface area contributed by atoms with Gasteiger partial charge < -0.3 is 19.3 Å². The van der Waals surface area contributed by atoms with Crippen LogP contribution in [-0.2, 0) is 9.47 Å². The Balaban J connectivity index is 1.39. The first kappa shape index (κ1) is 15.6. The van der Waals surface area contributed by atoms with Crippen LogP contribution in [-0.4, -0.2) is 70.6 Å². The summed E-state index contributed by atoms with van der Waals surface area (Å²) in [6, 6.07) is 1.94. The van der Waals surface area contributed by atoms with E-state index in [9.17, 15) is 4.79 Å². The molecule has 128 valence electrons. The number of amides is 1. The number of halogens is 1. The summed E-state index contributed by atoms with van der Waals surface area (Å²) in [5, 5.41) is 4.20. The zero-order valence-electron chi connectivity index (χ0n) is 13.3. The number of anilines is 1. The van der Waals surface area contributed by atoms with E-state index in [4.69, 9.17) is 9.47 Å². The monoisotopic (exact) mass is 395 g/mol. The summed E-state index contributed by atoms with van der Waals surface area (Å²) in [7, 11) is 0. The zero-order valence-corrected chi connectivity index (χ0v) is 14.9. The highest BCUT2D eigenvalue weighted by molar-refractivity contribution is 9.10. The second-order valence-electron chi connectivity index (χ2n) is 6.33. The normalized spacial score (nSPS) is 20.1. The SMILES string of the molecule is CC1(OC(=O)N2CCN(c3ccn4ncc(Br)c4n3)CC2)COC1. The fourth-order valence-electron chi connectivity index (χ4n) is 2.85. The van der Waals surface area contributed by atoms with Gasteiger partial charge in [-0.3, -0.25) is 0 Å². The van der Waals surface area contributed by atoms with Gasteiger partial charge in [-0.2, -0.15) is 5.10 Å². The van der Waals surface area contributed by atoms with Crippen LogP contribution in [0, 0.1) is 0 Å². The van der Waals surface area contributed by atoms with Gasteiger partial charge >= 0.3 is 6.09 Å². The van der Waals surface area contributed by atoms with Crippen LogP contribution in [0.5, 0.6) is 0 Å². The Kier molecular flexibility index (Phi) is 3.84. The number of rotatable bonds is 2. The summed E-state index contributed by atoms with van der Waals surface area (Å²) in [5.41, 5.74) is 0.321. The molecule has 8 nitrogen and oxygen atoms in total. The van der Waals surface area contributed by atoms with Gasteiger partial charge in [-0.05, 0) is 28.9 Å². The number of hydrogen-bond donors (Lipinski definition) is 0. The Morgan fingerprint density at radius 3 is 2.75 bits per heavy atom. The van der Waals surface area contributed by atoms with Crippen molar-refractivity contribution in [3.8, 4) is 0 Å². The number of piperazine rings is 1. The minimum atomic E-state index is -0.463. The molecule has 24 heavy (non-hydrogen) atoms. The molecule has 4 heterocycles. The van der Waals surface area contributed by atoms with Gasteiger partial charge in [0, 0.05) is 32.4 Å². The molecule has 1 amide bonds. The molecule has 0 radical (unpaired) electrons. The van der Waals surface area contributed by atoms with Crippen LogP contribution >= 0.6 is 15.9 Å². The molecule has 2 fully saturated rings. The Bertz CT molecular complexity index is 768. The third-order valence-electron chi connectivity index (χ3n) is 4.32. The predicted octanol–water partition coefficient (Wildman–Crippen LogP) is 1.54. The van der Waals surface area contributed by atoms with Crippen molar-refractivity contribution in [2.45, 2.75) is 12.5 Å². The Morgan fingerprint density at radius 2 is 2.08 bits per heavy atom. The topological polar surface area (TPSA) is 72.2 Å². The number of carbonyl (C=O) groups is 1. The first-order valence-electron chi connectivity index (χ1n) is 7.85. The van der Waals surface area contributed by atoms with Crippen molar-refractivity contribution >= 4 is 33.5 Å². The molecule has 0 bridgehead atoms. The first-order chi connectivity index (χ1) is 11.5. The van der Waals surface area contributed by atoms with Crippen LogP contribution in [0.2, 0.25) is 0 Å². The third-order valence-corrected chi connectivity index (χ3v) is 4.88. The summed E-state index contributed by atoms with van der Waals surface area (Å²) in [4.78, 5) is 20.8. The second-order valence-corrected chi connectivity index (χ2v) is 7.19. The summed E-state index contributed by atoms with van der Waals surface area (Å²) in [6.07, 6.45) is 3.35. The van der Waals surface area contributed by atoms with Crippen molar-refractivity contribution in [3.05, 3.63) is 22.9 Å². The summed E-state index contributed by atoms with van der Waals surface area (Å²) >= 11 is 3.45. The number of fused-ring (bicyclic) bond motifs is 1. The molecule has 2 aromatic rings. The number of carbonyl (C=O) groups excluding carboxylic acids is 1. The molecule has 2 saturated heterocycles. The lowest BCUT2D eigenvalue weighted by molar-refractivity contribution is -0.172. The van der Waals surface area contributed by atoms with E-state index in [1.54, 1.807) is 15.6 Å². The van der Waals surface area contributed by atoms with E-state index in [-0.39, 0.29) is 6.09 Å². The minimum Gasteiger partial charge on any atom is -0.438 e. The smallest absolute Gasteiger partial charge is 0.410 e. The van der Waals surface area contributed by atoms with Crippen molar-refractivity contribution < 1.29 is 14.3 Å². The van der Waals surface area contributed by atoms with E-state index in [1.807, 2.05) is 19.2 Å². The van der Waals surface area contributed by atoms with E-state index in [0.29, 0.717) is 26.3 Å². The summed E-state index contributed by atoms with van der Waals surface area (Å²) in [5.74, 6) is 0.885. The van der Waals surface area contributed by atoms with E-state index in [1.165, 1.54) is 0 Å². The average Bonchev–Trinajstić information content (AvgIpc) is 2.94. The number of nitrogens with zero attached hydrogens (tertiary/aromatic N) is 5. The Hall–Kier alpha value is -1.87. The van der Waals surface area contributed by atoms with Crippen molar-refractivity contribution in [3.63, 3.8) is 0 Å². The molecule has 2 aliphatic rings. The molecule has 0 spiro atoms. The molecule has 2 aromatic heterocycles. The summed E-state index contributed by atoms with van der Waals surface area (Å²) < 4.78 is 13.2. The second kappa shape index (κ2) is 5.89. The van der Waals surface area contributed by atoms with E-state index < -0.39 is 5.60 Å². The van der Waals surface area contributed by atoms with E-state index in [0.717, 1.165) is 29.0 Å². The zero-order chi connectivity index (χ0) is 16.7. The highest BCUT2D eigenvalue weighted by Gasteiger charge is 2.39. The molecule has 0 N–H and O–H groups in total. The lowest BCUT2D eigenvalue weighted by Crippen LogP contribution is -2.55. The van der Waals surface area contributed by atoms with Gasteiger partial charge in [0.05, 0.1) is 23.9 Å². The van der Waals surface area contributed by atoms with Crippen LogP contribution in [0.15, 0.2) is 22.9 Å². The van der Waals surface area contributed by atoms with Crippen LogP contribution in [0.1, 0.15) is 6.92 Å². The first-order valence-corrected chi connectivity index (χ1v) is 8.64. The number of hydrogen-bond acceptors (Lipinski definition) is 6. The summed E-state index contributed by atoms with van der Waals surface area (Å²) in [6.45, 7) is 5.51. The number of ether oxygens (including phenoxy) is 2. The van der Waals surface area contributed by atoms with E-state index >= 15 is 0 Å². The quantitative estimate of drug-likeness (QED) is 0.767. The molecular formula is C15H18BrN5O3. The molecule has 0 aliphatic carbocycles. The maximum atomic E-state index is 12.2. The van der Waals surface area contributed by atoms with Gasteiger partial charge in [0.2, 0.25) is 0 Å². The fourth-order valence-corrected chi connectivity index (χ4v) is 3.21. The molecular weight excluding hydrogens is 378 g/mol. The highest BCUT2D eigenvalue weighted by Crippen LogP contribution is 2.23. The molecule has 4 rings (SSSR count). The largest absolute Gasteiger partial charge is 0.438 e. The lowest BCUT2D eigenvalue weighted by Gasteiger charge is -2.40. The molecule has 0 unspecified atom stereocenters. The maximum absolute atomic E-state index is 12.2. The van der Waals surface area contributed by atoms with Crippen molar-refractivity contribution in [1.82, 2.24) is 19.5 Å². The van der Waals surface area contributed by atoms with Crippen LogP contribution in [0.3, 0.4) is 0 Å². The van der Waals surface area contributed by atoms with Crippen molar-refractivity contribution in [2.75, 3.05) is 44.3 Å². The molecule has 0 saturated carbocycles. The van der Waals surface area contributed by atoms with Gasteiger partial charge in [-0.1, -0.05) is 0 Å². The molecule has 0 atom stereocenters. The average molecular weight is 396 g/mol. The van der Waals surface area contributed by atoms with Crippen LogP contribution < -0.4 is 4.90 Å². The Labute approximate surface area is 147 Å². The molecule has 0 aromatic carbocycles.